The molecule has 6 heteroatoms. The van der Waals surface area contributed by atoms with E-state index in [0.717, 1.165) is 37.3 Å². The van der Waals surface area contributed by atoms with E-state index in [9.17, 15) is 4.79 Å². The summed E-state index contributed by atoms with van der Waals surface area (Å²) in [7, 11) is 0. The Kier molecular flexibility index (Phi) is 5.45. The third-order valence-electron chi connectivity index (χ3n) is 4.72. The molecule has 6 nitrogen and oxygen atoms in total. The van der Waals surface area contributed by atoms with E-state index in [2.05, 4.69) is 26.1 Å². The van der Waals surface area contributed by atoms with Crippen molar-refractivity contribution in [3.63, 3.8) is 0 Å². The Morgan fingerprint density at radius 3 is 2.82 bits per heavy atom. The van der Waals surface area contributed by atoms with Gasteiger partial charge in [-0.2, -0.15) is 5.10 Å². The molecule has 1 aliphatic heterocycles. The summed E-state index contributed by atoms with van der Waals surface area (Å²) in [6.45, 7) is 3.17. The van der Waals surface area contributed by atoms with Gasteiger partial charge >= 0.3 is 0 Å². The molecule has 1 aromatic heterocycles. The highest BCUT2D eigenvalue weighted by Crippen LogP contribution is 2.17. The zero-order chi connectivity index (χ0) is 15.2. The fourth-order valence-corrected chi connectivity index (χ4v) is 3.43. The summed E-state index contributed by atoms with van der Waals surface area (Å²) in [5, 5.41) is 17.0. The molecule has 4 N–H and O–H groups in total. The summed E-state index contributed by atoms with van der Waals surface area (Å²) in [4.78, 5) is 12.2. The molecular formula is C16H27N5O. The van der Waals surface area contributed by atoms with Crippen molar-refractivity contribution in [3.05, 3.63) is 17.0 Å². The lowest BCUT2D eigenvalue weighted by atomic mass is 10.1. The monoisotopic (exact) mass is 305 g/mol. The number of rotatable bonds is 5. The number of carbonyl (C=O) groups excluding carboxylic acids is 1. The number of carbonyl (C=O) groups is 1. The zero-order valence-corrected chi connectivity index (χ0v) is 13.2. The summed E-state index contributed by atoms with van der Waals surface area (Å²) in [6.07, 6.45) is 8.85. The molecule has 22 heavy (non-hydrogen) atoms. The number of aromatic amines is 1. The van der Waals surface area contributed by atoms with Crippen molar-refractivity contribution in [2.45, 2.75) is 57.5 Å². The Balaban J connectivity index is 1.41. The van der Waals surface area contributed by atoms with E-state index in [4.69, 9.17) is 0 Å². The van der Waals surface area contributed by atoms with Crippen molar-refractivity contribution in [2.75, 3.05) is 19.6 Å². The molecule has 0 saturated heterocycles. The van der Waals surface area contributed by atoms with Gasteiger partial charge in [-0.05, 0) is 12.8 Å². The van der Waals surface area contributed by atoms with E-state index >= 15 is 0 Å². The lowest BCUT2D eigenvalue weighted by Gasteiger charge is -2.16. The highest BCUT2D eigenvalue weighted by molar-refractivity contribution is 5.94. The van der Waals surface area contributed by atoms with Crippen molar-refractivity contribution < 1.29 is 4.79 Å². The molecular weight excluding hydrogens is 278 g/mol. The summed E-state index contributed by atoms with van der Waals surface area (Å²) in [5.41, 5.74) is 2.68. The number of fused-ring (bicyclic) bond motifs is 1. The number of nitrogens with one attached hydrogen (secondary N) is 4. The predicted octanol–water partition coefficient (Wildman–Crippen LogP) is 1.10. The van der Waals surface area contributed by atoms with Crippen molar-refractivity contribution in [2.24, 2.45) is 0 Å². The van der Waals surface area contributed by atoms with Crippen LogP contribution in [-0.4, -0.2) is 41.8 Å². The number of hydrogen-bond donors (Lipinski definition) is 4. The molecule has 0 atom stereocenters. The van der Waals surface area contributed by atoms with Crippen LogP contribution in [-0.2, 0) is 13.0 Å². The molecule has 122 valence electrons. The number of hydrogen-bond acceptors (Lipinski definition) is 4. The third kappa shape index (κ3) is 3.87. The molecule has 0 radical (unpaired) electrons. The summed E-state index contributed by atoms with van der Waals surface area (Å²) >= 11 is 0. The maximum absolute atomic E-state index is 12.2. The van der Waals surface area contributed by atoms with E-state index in [0.29, 0.717) is 18.3 Å². The minimum atomic E-state index is -0.0659. The van der Waals surface area contributed by atoms with Crippen molar-refractivity contribution >= 4 is 5.91 Å². The van der Waals surface area contributed by atoms with Crippen LogP contribution in [0.15, 0.2) is 0 Å². The summed E-state index contributed by atoms with van der Waals surface area (Å²) in [5.74, 6) is -0.0659. The number of H-pyrrole nitrogens is 1. The van der Waals surface area contributed by atoms with E-state index in [1.807, 2.05) is 0 Å². The third-order valence-corrected chi connectivity index (χ3v) is 4.72. The first-order valence-corrected chi connectivity index (χ1v) is 8.63. The van der Waals surface area contributed by atoms with Crippen molar-refractivity contribution in [1.82, 2.24) is 26.1 Å². The number of nitrogens with zero attached hydrogens (tertiary/aromatic N) is 1. The first kappa shape index (κ1) is 15.5. The Morgan fingerprint density at radius 2 is 2.00 bits per heavy atom. The van der Waals surface area contributed by atoms with E-state index in [-0.39, 0.29) is 5.91 Å². The van der Waals surface area contributed by atoms with Gasteiger partial charge in [0.05, 0.1) is 0 Å². The highest BCUT2D eigenvalue weighted by atomic mass is 16.1. The molecule has 0 unspecified atom stereocenters. The van der Waals surface area contributed by atoms with Crippen molar-refractivity contribution in [3.8, 4) is 0 Å². The minimum Gasteiger partial charge on any atom is -0.349 e. The second-order valence-corrected chi connectivity index (χ2v) is 6.35. The van der Waals surface area contributed by atoms with Gasteiger partial charge < -0.3 is 16.0 Å². The van der Waals surface area contributed by atoms with Crippen LogP contribution >= 0.6 is 0 Å². The van der Waals surface area contributed by atoms with Crippen LogP contribution in [0.1, 0.15) is 60.3 Å². The van der Waals surface area contributed by atoms with E-state index in [1.165, 1.54) is 38.5 Å². The normalized spacial score (nSPS) is 19.5. The van der Waals surface area contributed by atoms with E-state index in [1.54, 1.807) is 0 Å². The first-order valence-electron chi connectivity index (χ1n) is 8.63. The van der Waals surface area contributed by atoms with Crippen LogP contribution in [0.4, 0.5) is 0 Å². The molecule has 1 amide bonds. The smallest absolute Gasteiger partial charge is 0.272 e. The molecule has 1 saturated carbocycles. The maximum Gasteiger partial charge on any atom is 0.272 e. The number of amides is 1. The topological polar surface area (TPSA) is 81.8 Å². The Bertz CT molecular complexity index is 491. The largest absolute Gasteiger partial charge is 0.349 e. The van der Waals surface area contributed by atoms with Crippen LogP contribution < -0.4 is 16.0 Å². The average molecular weight is 305 g/mol. The van der Waals surface area contributed by atoms with Crippen LogP contribution in [0, 0.1) is 0 Å². The first-order chi connectivity index (χ1) is 10.8. The van der Waals surface area contributed by atoms with Gasteiger partial charge in [-0.15, -0.1) is 0 Å². The molecule has 1 aliphatic carbocycles. The molecule has 0 aromatic carbocycles. The van der Waals surface area contributed by atoms with Crippen LogP contribution in [0.25, 0.3) is 0 Å². The van der Waals surface area contributed by atoms with Gasteiger partial charge in [0.25, 0.3) is 5.91 Å². The van der Waals surface area contributed by atoms with Crippen LogP contribution in [0.5, 0.6) is 0 Å². The maximum atomic E-state index is 12.2. The highest BCUT2D eigenvalue weighted by Gasteiger charge is 2.21. The van der Waals surface area contributed by atoms with Crippen LogP contribution in [0.2, 0.25) is 0 Å². The average Bonchev–Trinajstić information content (AvgIpc) is 2.80. The van der Waals surface area contributed by atoms with Gasteiger partial charge in [0.1, 0.15) is 0 Å². The standard InChI is InChI=1S/C16H27N5O/c22-16(15-13-11-17-8-7-14(13)20-21-15)19-10-9-18-12-5-3-1-2-4-6-12/h12,17-18H,1-11H2,(H,19,22)(H,20,21). The summed E-state index contributed by atoms with van der Waals surface area (Å²) in [6, 6.07) is 0.627. The van der Waals surface area contributed by atoms with Gasteiger partial charge in [-0.1, -0.05) is 25.7 Å². The zero-order valence-electron chi connectivity index (χ0n) is 13.2. The molecule has 0 spiro atoms. The lowest BCUT2D eigenvalue weighted by Crippen LogP contribution is -2.37. The second-order valence-electron chi connectivity index (χ2n) is 6.35. The van der Waals surface area contributed by atoms with Crippen LogP contribution in [0.3, 0.4) is 0 Å². The molecule has 1 aromatic rings. The summed E-state index contributed by atoms with van der Waals surface area (Å²) < 4.78 is 0. The SMILES string of the molecule is O=C(NCCNC1CCCCCC1)c1n[nH]c2c1CNCC2. The van der Waals surface area contributed by atoms with Gasteiger partial charge in [-0.25, -0.2) is 0 Å². The van der Waals surface area contributed by atoms with Gasteiger partial charge in [0, 0.05) is 49.9 Å². The Labute approximate surface area is 131 Å². The van der Waals surface area contributed by atoms with Crippen molar-refractivity contribution in [1.29, 1.82) is 0 Å². The quantitative estimate of drug-likeness (QED) is 0.485. The Morgan fingerprint density at radius 1 is 1.18 bits per heavy atom. The minimum absolute atomic E-state index is 0.0659. The fraction of sp³-hybridized carbons (Fsp3) is 0.750. The lowest BCUT2D eigenvalue weighted by molar-refractivity contribution is 0.0947. The fourth-order valence-electron chi connectivity index (χ4n) is 3.43. The van der Waals surface area contributed by atoms with E-state index < -0.39 is 0 Å². The Hall–Kier alpha value is -1.40. The molecule has 3 rings (SSSR count). The number of aromatic nitrogens is 2. The van der Waals surface area contributed by atoms with Gasteiger partial charge in [0.15, 0.2) is 5.69 Å². The van der Waals surface area contributed by atoms with Gasteiger partial charge in [-0.3, -0.25) is 9.89 Å². The molecule has 2 aliphatic rings. The molecule has 1 fully saturated rings. The molecule has 0 bridgehead atoms. The van der Waals surface area contributed by atoms with Gasteiger partial charge in [0.2, 0.25) is 0 Å². The second kappa shape index (κ2) is 7.74. The molecule has 2 heterocycles. The predicted molar refractivity (Wildman–Crippen MR) is 85.8 cm³/mol.